The van der Waals surface area contributed by atoms with Gasteiger partial charge in [0.25, 0.3) is 0 Å². The molecule has 0 aromatic heterocycles. The van der Waals surface area contributed by atoms with Crippen LogP contribution in [-0.4, -0.2) is 37.9 Å². The third kappa shape index (κ3) is 3.47. The van der Waals surface area contributed by atoms with Gasteiger partial charge in [0.1, 0.15) is 11.5 Å². The first-order chi connectivity index (χ1) is 7.71. The van der Waals surface area contributed by atoms with Gasteiger partial charge in [0.15, 0.2) is 0 Å². The summed E-state index contributed by atoms with van der Waals surface area (Å²) < 4.78 is 10.3. The molecule has 0 saturated carbocycles. The summed E-state index contributed by atoms with van der Waals surface area (Å²) in [6.07, 6.45) is -0.586. The van der Waals surface area contributed by atoms with E-state index < -0.39 is 6.10 Å². The van der Waals surface area contributed by atoms with Crippen molar-refractivity contribution in [1.82, 2.24) is 0 Å². The van der Waals surface area contributed by atoms with E-state index in [4.69, 9.17) is 21.1 Å². The van der Waals surface area contributed by atoms with Crippen LogP contribution >= 0.6 is 11.6 Å². The summed E-state index contributed by atoms with van der Waals surface area (Å²) in [5, 5.41) is 12.4. The monoisotopic (exact) mass is 245 g/mol. The van der Waals surface area contributed by atoms with E-state index in [1.807, 2.05) is 6.07 Å². The predicted octanol–water partition coefficient (Wildman–Crippen LogP) is 1.72. The van der Waals surface area contributed by atoms with Crippen molar-refractivity contribution in [1.29, 1.82) is 0 Å². The van der Waals surface area contributed by atoms with E-state index in [1.54, 1.807) is 26.4 Å². The zero-order valence-corrected chi connectivity index (χ0v) is 10.1. The molecule has 5 heteroatoms. The molecule has 1 aromatic carbocycles. The fourth-order valence-electron chi connectivity index (χ4n) is 1.23. The SMILES string of the molecule is COc1ccc(OC)c(NC[C@H](O)CCl)c1. The zero-order chi connectivity index (χ0) is 12.0. The van der Waals surface area contributed by atoms with Crippen molar-refractivity contribution in [3.05, 3.63) is 18.2 Å². The molecule has 1 rings (SSSR count). The van der Waals surface area contributed by atoms with E-state index in [0.717, 1.165) is 11.4 Å². The number of alkyl halides is 1. The number of ether oxygens (including phenoxy) is 2. The molecule has 0 amide bonds. The Morgan fingerprint density at radius 3 is 2.69 bits per heavy atom. The number of hydrogen-bond acceptors (Lipinski definition) is 4. The highest BCUT2D eigenvalue weighted by Crippen LogP contribution is 2.28. The van der Waals surface area contributed by atoms with Gasteiger partial charge in [0.2, 0.25) is 0 Å². The molecule has 0 radical (unpaired) electrons. The second kappa shape index (κ2) is 6.45. The van der Waals surface area contributed by atoms with Gasteiger partial charge in [-0.25, -0.2) is 0 Å². The molecule has 0 unspecified atom stereocenters. The highest BCUT2D eigenvalue weighted by atomic mass is 35.5. The Hall–Kier alpha value is -1.13. The van der Waals surface area contributed by atoms with Gasteiger partial charge in [0, 0.05) is 12.6 Å². The lowest BCUT2D eigenvalue weighted by atomic mass is 10.2. The molecule has 2 N–H and O–H groups in total. The van der Waals surface area contributed by atoms with Crippen molar-refractivity contribution in [2.45, 2.75) is 6.10 Å². The summed E-state index contributed by atoms with van der Waals surface area (Å²) >= 11 is 5.50. The molecule has 90 valence electrons. The third-order valence-corrected chi connectivity index (χ3v) is 2.47. The number of anilines is 1. The highest BCUT2D eigenvalue weighted by molar-refractivity contribution is 6.18. The van der Waals surface area contributed by atoms with Gasteiger partial charge in [-0.2, -0.15) is 0 Å². The normalized spacial score (nSPS) is 12.0. The Bertz CT molecular complexity index is 333. The number of halogens is 1. The lowest BCUT2D eigenvalue weighted by Gasteiger charge is -2.14. The first kappa shape index (κ1) is 12.9. The van der Waals surface area contributed by atoms with E-state index in [0.29, 0.717) is 12.3 Å². The summed E-state index contributed by atoms with van der Waals surface area (Å²) in [7, 11) is 3.18. The maximum Gasteiger partial charge on any atom is 0.142 e. The average molecular weight is 246 g/mol. The molecule has 0 fully saturated rings. The van der Waals surface area contributed by atoms with Gasteiger partial charge in [-0.15, -0.1) is 11.6 Å². The summed E-state index contributed by atoms with van der Waals surface area (Å²) in [6.45, 7) is 0.368. The molecule has 1 aromatic rings. The van der Waals surface area contributed by atoms with Crippen LogP contribution in [0.5, 0.6) is 11.5 Å². The van der Waals surface area contributed by atoms with Crippen LogP contribution in [0.25, 0.3) is 0 Å². The maximum atomic E-state index is 9.34. The molecule has 0 aliphatic rings. The molecular weight excluding hydrogens is 230 g/mol. The van der Waals surface area contributed by atoms with Crippen LogP contribution < -0.4 is 14.8 Å². The second-order valence-corrected chi connectivity index (χ2v) is 3.56. The Labute approximate surface area is 100 Å². The Morgan fingerprint density at radius 1 is 1.38 bits per heavy atom. The molecule has 0 heterocycles. The van der Waals surface area contributed by atoms with Gasteiger partial charge in [0.05, 0.1) is 31.9 Å². The maximum absolute atomic E-state index is 9.34. The molecule has 0 spiro atoms. The van der Waals surface area contributed by atoms with Crippen LogP contribution in [0.3, 0.4) is 0 Å². The van der Waals surface area contributed by atoms with E-state index in [2.05, 4.69) is 5.32 Å². The summed E-state index contributed by atoms with van der Waals surface area (Å²) in [5.41, 5.74) is 0.769. The number of nitrogens with one attached hydrogen (secondary N) is 1. The fourth-order valence-corrected chi connectivity index (χ4v) is 1.34. The third-order valence-electron chi connectivity index (χ3n) is 2.11. The predicted molar refractivity (Wildman–Crippen MR) is 64.8 cm³/mol. The largest absolute Gasteiger partial charge is 0.497 e. The van der Waals surface area contributed by atoms with Crippen molar-refractivity contribution in [2.24, 2.45) is 0 Å². The molecule has 16 heavy (non-hydrogen) atoms. The standard InChI is InChI=1S/C11H16ClNO3/c1-15-9-3-4-11(16-2)10(5-9)13-7-8(14)6-12/h3-5,8,13-14H,6-7H2,1-2H3/t8-/m1/s1. The molecule has 4 nitrogen and oxygen atoms in total. The van der Waals surface area contributed by atoms with E-state index >= 15 is 0 Å². The number of hydrogen-bond donors (Lipinski definition) is 2. The van der Waals surface area contributed by atoms with Gasteiger partial charge in [-0.3, -0.25) is 0 Å². The van der Waals surface area contributed by atoms with E-state index in [9.17, 15) is 5.11 Å². The highest BCUT2D eigenvalue weighted by Gasteiger charge is 2.07. The molecule has 1 atom stereocenters. The lowest BCUT2D eigenvalue weighted by Crippen LogP contribution is -2.21. The van der Waals surface area contributed by atoms with Gasteiger partial charge in [-0.05, 0) is 12.1 Å². The average Bonchev–Trinajstić information content (AvgIpc) is 2.35. The van der Waals surface area contributed by atoms with E-state index in [-0.39, 0.29) is 5.88 Å². The molecule has 0 saturated heterocycles. The fraction of sp³-hybridized carbons (Fsp3) is 0.455. The second-order valence-electron chi connectivity index (χ2n) is 3.26. The van der Waals surface area contributed by atoms with Crippen LogP contribution in [0.15, 0.2) is 18.2 Å². The van der Waals surface area contributed by atoms with Crippen LogP contribution in [0.4, 0.5) is 5.69 Å². The minimum absolute atomic E-state index is 0.194. The number of aliphatic hydroxyl groups is 1. The van der Waals surface area contributed by atoms with Crippen molar-refractivity contribution in [3.8, 4) is 11.5 Å². The van der Waals surface area contributed by atoms with Crippen molar-refractivity contribution >= 4 is 17.3 Å². The van der Waals surface area contributed by atoms with Gasteiger partial charge in [-0.1, -0.05) is 0 Å². The number of aliphatic hydroxyl groups excluding tert-OH is 1. The zero-order valence-electron chi connectivity index (χ0n) is 9.37. The number of rotatable bonds is 6. The van der Waals surface area contributed by atoms with Crippen molar-refractivity contribution in [3.63, 3.8) is 0 Å². The van der Waals surface area contributed by atoms with Crippen LogP contribution in [0.1, 0.15) is 0 Å². The topological polar surface area (TPSA) is 50.7 Å². The minimum Gasteiger partial charge on any atom is -0.497 e. The van der Waals surface area contributed by atoms with Crippen LogP contribution in [0, 0.1) is 0 Å². The minimum atomic E-state index is -0.586. The quantitative estimate of drug-likeness (QED) is 0.750. The Morgan fingerprint density at radius 2 is 2.12 bits per heavy atom. The van der Waals surface area contributed by atoms with Gasteiger partial charge < -0.3 is 19.9 Å². The first-order valence-corrected chi connectivity index (χ1v) is 5.44. The number of benzene rings is 1. The Balaban J connectivity index is 2.75. The van der Waals surface area contributed by atoms with Crippen molar-refractivity contribution < 1.29 is 14.6 Å². The Kier molecular flexibility index (Phi) is 5.22. The molecule has 0 aliphatic heterocycles. The van der Waals surface area contributed by atoms with E-state index in [1.165, 1.54) is 0 Å². The van der Waals surface area contributed by atoms with Crippen LogP contribution in [0.2, 0.25) is 0 Å². The lowest BCUT2D eigenvalue weighted by molar-refractivity contribution is 0.211. The van der Waals surface area contributed by atoms with Crippen LogP contribution in [-0.2, 0) is 0 Å². The molecule has 0 bridgehead atoms. The summed E-state index contributed by atoms with van der Waals surface area (Å²) in [6, 6.07) is 5.41. The smallest absolute Gasteiger partial charge is 0.142 e. The number of methoxy groups -OCH3 is 2. The van der Waals surface area contributed by atoms with Crippen molar-refractivity contribution in [2.75, 3.05) is 32.0 Å². The first-order valence-electron chi connectivity index (χ1n) is 4.91. The van der Waals surface area contributed by atoms with Gasteiger partial charge >= 0.3 is 0 Å². The molecule has 0 aliphatic carbocycles. The summed E-state index contributed by atoms with van der Waals surface area (Å²) in [4.78, 5) is 0. The molecular formula is C11H16ClNO3. The summed E-state index contributed by atoms with van der Waals surface area (Å²) in [5.74, 6) is 1.62.